The van der Waals surface area contributed by atoms with Crippen LogP contribution in [-0.4, -0.2) is 77.7 Å². The molecule has 11 heteroatoms. The Kier molecular flexibility index (Phi) is 6.26. The Bertz CT molecular complexity index is 1150. The largest absolute Gasteiger partial charge is 0.506 e. The molecule has 0 radical (unpaired) electrons. The van der Waals surface area contributed by atoms with Gasteiger partial charge in [-0.2, -0.15) is 8.42 Å². The van der Waals surface area contributed by atoms with Crippen molar-refractivity contribution in [3.8, 4) is 17.5 Å². The molecular formula is C22H27N3O7S. The van der Waals surface area contributed by atoms with Crippen LogP contribution in [0.2, 0.25) is 0 Å². The van der Waals surface area contributed by atoms with Crippen LogP contribution in [0.3, 0.4) is 0 Å². The minimum absolute atomic E-state index is 0.146. The van der Waals surface area contributed by atoms with E-state index in [2.05, 4.69) is 0 Å². The highest BCUT2D eigenvalue weighted by atomic mass is 32.2. The molecule has 33 heavy (non-hydrogen) atoms. The SMILES string of the molecule is CS(=O)(=O)OC(Cn1c(O)c2c(c1O)CC=CC2)C(=O)N1CCN(c2ccccc2O)CC1. The van der Waals surface area contributed by atoms with Gasteiger partial charge in [0.05, 0.1) is 18.5 Å². The lowest BCUT2D eigenvalue weighted by molar-refractivity contribution is -0.139. The number of phenols is 1. The minimum Gasteiger partial charge on any atom is -0.506 e. The second kappa shape index (κ2) is 8.99. The molecule has 1 atom stereocenters. The highest BCUT2D eigenvalue weighted by Crippen LogP contribution is 2.37. The Morgan fingerprint density at radius 3 is 2.12 bits per heavy atom. The average molecular weight is 478 g/mol. The Balaban J connectivity index is 1.52. The molecule has 2 aliphatic rings. The summed E-state index contributed by atoms with van der Waals surface area (Å²) in [4.78, 5) is 16.7. The van der Waals surface area contributed by atoms with Crippen molar-refractivity contribution in [3.63, 3.8) is 0 Å². The van der Waals surface area contributed by atoms with Crippen LogP contribution in [-0.2, 0) is 38.5 Å². The molecule has 1 aromatic heterocycles. The first-order valence-corrected chi connectivity index (χ1v) is 12.4. The van der Waals surface area contributed by atoms with Crippen molar-refractivity contribution in [1.29, 1.82) is 0 Å². The Hall–Kier alpha value is -3.18. The summed E-state index contributed by atoms with van der Waals surface area (Å²) in [7, 11) is -3.99. The summed E-state index contributed by atoms with van der Waals surface area (Å²) in [6, 6.07) is 6.92. The van der Waals surface area contributed by atoms with Crippen LogP contribution in [0.1, 0.15) is 11.1 Å². The van der Waals surface area contributed by atoms with E-state index in [1.807, 2.05) is 23.1 Å². The van der Waals surface area contributed by atoms with E-state index >= 15 is 0 Å². The number of phenolic OH excluding ortho intramolecular Hbond substituents is 1. The summed E-state index contributed by atoms with van der Waals surface area (Å²) < 4.78 is 30.0. The van der Waals surface area contributed by atoms with Crippen LogP contribution in [0.15, 0.2) is 36.4 Å². The second-order valence-corrected chi connectivity index (χ2v) is 9.79. The third-order valence-corrected chi connectivity index (χ3v) is 6.54. The van der Waals surface area contributed by atoms with E-state index in [1.54, 1.807) is 18.2 Å². The van der Waals surface area contributed by atoms with Crippen molar-refractivity contribution in [3.05, 3.63) is 47.5 Å². The zero-order valence-corrected chi connectivity index (χ0v) is 19.0. The van der Waals surface area contributed by atoms with Crippen molar-refractivity contribution in [2.45, 2.75) is 25.5 Å². The number of hydrogen-bond acceptors (Lipinski definition) is 8. The monoisotopic (exact) mass is 477 g/mol. The highest BCUT2D eigenvalue weighted by Gasteiger charge is 2.34. The molecule has 1 unspecified atom stereocenters. The Morgan fingerprint density at radius 1 is 1.00 bits per heavy atom. The first-order chi connectivity index (χ1) is 15.7. The first kappa shape index (κ1) is 23.0. The third-order valence-electron chi connectivity index (χ3n) is 5.95. The number of aromatic nitrogens is 1. The summed E-state index contributed by atoms with van der Waals surface area (Å²) in [6.45, 7) is 1.11. The number of rotatable bonds is 6. The van der Waals surface area contributed by atoms with E-state index in [0.29, 0.717) is 55.8 Å². The lowest BCUT2D eigenvalue weighted by Crippen LogP contribution is -2.52. The standard InChI is InChI=1S/C22H27N3O7S/c1-33(30,31)32-19(14-25-20(27)15-6-2-3-7-16(15)21(25)28)22(29)24-12-10-23(11-13-24)17-8-4-5-9-18(17)26/h2-5,8-9,19,26-28H,6-7,10-14H2,1H3. The van der Waals surface area contributed by atoms with Gasteiger partial charge in [-0.25, -0.2) is 0 Å². The lowest BCUT2D eigenvalue weighted by Gasteiger charge is -2.37. The number of nitrogens with zero attached hydrogens (tertiary/aromatic N) is 3. The molecule has 0 spiro atoms. The average Bonchev–Trinajstić information content (AvgIpc) is 3.03. The summed E-state index contributed by atoms with van der Waals surface area (Å²) in [5.74, 6) is -0.814. The van der Waals surface area contributed by atoms with Crippen LogP contribution in [0.25, 0.3) is 0 Å². The zero-order chi connectivity index (χ0) is 23.8. The van der Waals surface area contributed by atoms with Gasteiger partial charge >= 0.3 is 0 Å². The molecule has 1 aliphatic heterocycles. The van der Waals surface area contributed by atoms with Crippen LogP contribution in [0.5, 0.6) is 17.5 Å². The van der Waals surface area contributed by atoms with E-state index in [-0.39, 0.29) is 24.1 Å². The molecule has 1 fully saturated rings. The predicted molar refractivity (Wildman–Crippen MR) is 121 cm³/mol. The number of amides is 1. The maximum Gasteiger partial charge on any atom is 0.265 e. The molecule has 0 bridgehead atoms. The van der Waals surface area contributed by atoms with Crippen LogP contribution >= 0.6 is 0 Å². The van der Waals surface area contributed by atoms with Crippen LogP contribution in [0.4, 0.5) is 5.69 Å². The van der Waals surface area contributed by atoms with Gasteiger partial charge in [0.2, 0.25) is 0 Å². The quantitative estimate of drug-likeness (QED) is 0.414. The summed E-state index contributed by atoms with van der Waals surface area (Å²) >= 11 is 0. The van der Waals surface area contributed by atoms with E-state index in [1.165, 1.54) is 4.90 Å². The molecule has 0 saturated carbocycles. The molecule has 4 rings (SSSR count). The molecule has 1 amide bonds. The van der Waals surface area contributed by atoms with Gasteiger partial charge < -0.3 is 25.1 Å². The number of allylic oxidation sites excluding steroid dienone is 2. The van der Waals surface area contributed by atoms with Gasteiger partial charge in [-0.15, -0.1) is 0 Å². The van der Waals surface area contributed by atoms with Crippen molar-refractivity contribution < 1.29 is 32.7 Å². The number of piperazine rings is 1. The van der Waals surface area contributed by atoms with Gasteiger partial charge in [-0.05, 0) is 25.0 Å². The zero-order valence-electron chi connectivity index (χ0n) is 18.2. The fourth-order valence-electron chi connectivity index (χ4n) is 4.33. The minimum atomic E-state index is -3.99. The molecule has 2 heterocycles. The first-order valence-electron chi connectivity index (χ1n) is 10.6. The lowest BCUT2D eigenvalue weighted by atomic mass is 10.0. The van der Waals surface area contributed by atoms with Crippen molar-refractivity contribution in [2.24, 2.45) is 0 Å². The molecule has 1 aliphatic carbocycles. The molecule has 3 N–H and O–H groups in total. The number of fused-ring (bicyclic) bond motifs is 1. The number of anilines is 1. The topological polar surface area (TPSA) is 133 Å². The van der Waals surface area contributed by atoms with Gasteiger partial charge in [0.15, 0.2) is 17.9 Å². The van der Waals surface area contributed by atoms with Crippen molar-refractivity contribution in [2.75, 3.05) is 37.3 Å². The number of aromatic hydroxyl groups is 3. The van der Waals surface area contributed by atoms with Gasteiger partial charge in [0.25, 0.3) is 16.0 Å². The number of benzene rings is 1. The molecule has 1 saturated heterocycles. The predicted octanol–water partition coefficient (Wildman–Crippen LogP) is 0.953. The fraction of sp³-hybridized carbons (Fsp3) is 0.409. The van der Waals surface area contributed by atoms with Gasteiger partial charge in [0, 0.05) is 37.3 Å². The summed E-state index contributed by atoms with van der Waals surface area (Å²) in [6.07, 6.45) is 4.00. The molecule has 10 nitrogen and oxygen atoms in total. The second-order valence-electron chi connectivity index (χ2n) is 8.18. The molecular weight excluding hydrogens is 450 g/mol. The van der Waals surface area contributed by atoms with Crippen molar-refractivity contribution in [1.82, 2.24) is 9.47 Å². The Morgan fingerprint density at radius 2 is 1.58 bits per heavy atom. The van der Waals surface area contributed by atoms with E-state index in [0.717, 1.165) is 10.8 Å². The third kappa shape index (κ3) is 4.79. The summed E-state index contributed by atoms with van der Waals surface area (Å²) in [5, 5.41) is 31.3. The van der Waals surface area contributed by atoms with E-state index in [9.17, 15) is 28.5 Å². The van der Waals surface area contributed by atoms with E-state index < -0.39 is 22.1 Å². The smallest absolute Gasteiger partial charge is 0.265 e. The maximum absolute atomic E-state index is 13.2. The normalized spacial score (nSPS) is 17.1. The number of carbonyl (C=O) groups is 1. The van der Waals surface area contributed by atoms with Crippen LogP contribution < -0.4 is 4.90 Å². The molecule has 1 aromatic carbocycles. The van der Waals surface area contributed by atoms with Gasteiger partial charge in [0.1, 0.15) is 5.75 Å². The number of para-hydroxylation sites is 2. The fourth-order valence-corrected chi connectivity index (χ4v) is 4.89. The molecule has 178 valence electrons. The Labute approximate surface area is 192 Å². The van der Waals surface area contributed by atoms with Gasteiger partial charge in [-0.1, -0.05) is 24.3 Å². The van der Waals surface area contributed by atoms with Gasteiger partial charge in [-0.3, -0.25) is 13.5 Å². The van der Waals surface area contributed by atoms with Crippen LogP contribution in [0, 0.1) is 0 Å². The number of carbonyl (C=O) groups excluding carboxylic acids is 1. The highest BCUT2D eigenvalue weighted by molar-refractivity contribution is 7.86. The number of hydrogen-bond donors (Lipinski definition) is 3. The maximum atomic E-state index is 13.2. The van der Waals surface area contributed by atoms with Crippen molar-refractivity contribution >= 4 is 21.7 Å². The molecule has 2 aromatic rings. The summed E-state index contributed by atoms with van der Waals surface area (Å²) in [5.41, 5.74) is 1.77. The van der Waals surface area contributed by atoms with E-state index in [4.69, 9.17) is 4.18 Å².